The summed E-state index contributed by atoms with van der Waals surface area (Å²) in [6.45, 7) is 6.22. The number of rotatable bonds is 9. The van der Waals surface area contributed by atoms with Crippen molar-refractivity contribution in [3.63, 3.8) is 0 Å². The zero-order valence-corrected chi connectivity index (χ0v) is 15.5. The maximum atomic E-state index is 11.7. The van der Waals surface area contributed by atoms with E-state index in [1.165, 1.54) is 31.4 Å². The van der Waals surface area contributed by atoms with Crippen molar-refractivity contribution < 1.29 is 9.53 Å². The Morgan fingerprint density at radius 3 is 2.83 bits per heavy atom. The molecule has 0 bridgehead atoms. The van der Waals surface area contributed by atoms with Crippen LogP contribution in [0.25, 0.3) is 0 Å². The van der Waals surface area contributed by atoms with Crippen LogP contribution in [0, 0.1) is 0 Å². The molecule has 0 aromatic rings. The smallest absolute Gasteiger partial charge is 0.241 e. The van der Waals surface area contributed by atoms with E-state index in [-0.39, 0.29) is 12.5 Å². The van der Waals surface area contributed by atoms with Crippen LogP contribution in [0.1, 0.15) is 39.5 Å². The predicted octanol–water partition coefficient (Wildman–Crippen LogP) is 1.37. The molecule has 0 aromatic carbocycles. The van der Waals surface area contributed by atoms with E-state index in [0.717, 1.165) is 17.8 Å². The number of nitrogens with zero attached hydrogens (tertiary/aromatic N) is 1. The normalized spacial score (nSPS) is 21.8. The molecule has 2 atom stereocenters. The Balaban J connectivity index is 2.43. The molecule has 7 heteroatoms. The highest BCUT2D eigenvalue weighted by Crippen LogP contribution is 2.28. The van der Waals surface area contributed by atoms with Crippen LogP contribution >= 0.6 is 11.8 Å². The Morgan fingerprint density at radius 1 is 1.30 bits per heavy atom. The number of carbonyl (C=O) groups excluding carboxylic acids is 1. The quantitative estimate of drug-likeness (QED) is 0.335. The molecule has 1 rings (SSSR count). The lowest BCUT2D eigenvalue weighted by Crippen LogP contribution is -2.46. The average Bonchev–Trinajstić information content (AvgIpc) is 2.54. The number of ether oxygens (including phenoxy) is 1. The predicted molar refractivity (Wildman–Crippen MR) is 98.2 cm³/mol. The van der Waals surface area contributed by atoms with Crippen molar-refractivity contribution in [1.29, 1.82) is 0 Å². The third-order valence-electron chi connectivity index (χ3n) is 3.72. The Labute approximate surface area is 144 Å². The summed E-state index contributed by atoms with van der Waals surface area (Å²) < 4.78 is 4.91. The first kappa shape index (κ1) is 20.1. The van der Waals surface area contributed by atoms with Gasteiger partial charge in [-0.05, 0) is 31.9 Å². The molecule has 6 nitrogen and oxygen atoms in total. The molecule has 1 aliphatic carbocycles. The van der Waals surface area contributed by atoms with Gasteiger partial charge in [0.2, 0.25) is 5.91 Å². The zero-order valence-electron chi connectivity index (χ0n) is 14.7. The maximum absolute atomic E-state index is 11.7. The van der Waals surface area contributed by atoms with E-state index in [2.05, 4.69) is 27.9 Å². The van der Waals surface area contributed by atoms with Gasteiger partial charge in [0.25, 0.3) is 0 Å². The first-order valence-electron chi connectivity index (χ1n) is 8.61. The fraction of sp³-hybridized carbons (Fsp3) is 0.875. The summed E-state index contributed by atoms with van der Waals surface area (Å²) >= 11 is 2.05. The van der Waals surface area contributed by atoms with Crippen molar-refractivity contribution in [2.24, 2.45) is 4.99 Å². The molecule has 0 saturated heterocycles. The van der Waals surface area contributed by atoms with E-state index in [1.807, 2.05) is 18.7 Å². The SMILES string of the molecule is CCNC(=NCC(=O)NCCOC)NC1CCCC(SCC)C1. The lowest BCUT2D eigenvalue weighted by atomic mass is 9.95. The summed E-state index contributed by atoms with van der Waals surface area (Å²) in [5.41, 5.74) is 0. The molecule has 134 valence electrons. The fourth-order valence-electron chi connectivity index (χ4n) is 2.68. The molecule has 0 radical (unpaired) electrons. The van der Waals surface area contributed by atoms with Crippen molar-refractivity contribution in [2.45, 2.75) is 50.8 Å². The van der Waals surface area contributed by atoms with Crippen LogP contribution in [0.15, 0.2) is 4.99 Å². The van der Waals surface area contributed by atoms with Gasteiger partial charge in [-0.1, -0.05) is 13.3 Å². The minimum atomic E-state index is -0.0812. The number of thioether (sulfide) groups is 1. The number of aliphatic imine (C=N–C) groups is 1. The monoisotopic (exact) mass is 344 g/mol. The molecule has 0 aliphatic heterocycles. The lowest BCUT2D eigenvalue weighted by molar-refractivity contribution is -0.119. The number of amides is 1. The van der Waals surface area contributed by atoms with Crippen LogP contribution in [0.5, 0.6) is 0 Å². The van der Waals surface area contributed by atoms with Gasteiger partial charge in [-0.15, -0.1) is 0 Å². The molecule has 0 spiro atoms. The molecule has 0 heterocycles. The standard InChI is InChI=1S/C16H32N4O2S/c1-4-17-16(19-12-15(21)18-9-10-22-3)20-13-7-6-8-14(11-13)23-5-2/h13-14H,4-12H2,1-3H3,(H,18,21)(H2,17,19,20). The summed E-state index contributed by atoms with van der Waals surface area (Å²) in [5.74, 6) is 1.83. The zero-order chi connectivity index (χ0) is 16.9. The van der Waals surface area contributed by atoms with Crippen molar-refractivity contribution in [2.75, 3.05) is 39.1 Å². The Hall–Kier alpha value is -0.950. The van der Waals surface area contributed by atoms with Crippen LogP contribution in [0.4, 0.5) is 0 Å². The second-order valence-corrected chi connectivity index (χ2v) is 7.20. The summed E-state index contributed by atoms with van der Waals surface area (Å²) in [6, 6.07) is 0.446. The van der Waals surface area contributed by atoms with E-state index in [9.17, 15) is 4.79 Å². The number of guanidine groups is 1. The number of hydrogen-bond acceptors (Lipinski definition) is 4. The van der Waals surface area contributed by atoms with Crippen molar-refractivity contribution in [1.82, 2.24) is 16.0 Å². The summed E-state index contributed by atoms with van der Waals surface area (Å²) in [7, 11) is 1.62. The summed E-state index contributed by atoms with van der Waals surface area (Å²) in [5, 5.41) is 10.2. The van der Waals surface area contributed by atoms with E-state index in [1.54, 1.807) is 7.11 Å². The van der Waals surface area contributed by atoms with Gasteiger partial charge >= 0.3 is 0 Å². The molecule has 0 aromatic heterocycles. The van der Waals surface area contributed by atoms with E-state index < -0.39 is 0 Å². The maximum Gasteiger partial charge on any atom is 0.241 e. The van der Waals surface area contributed by atoms with Crippen molar-refractivity contribution in [3.05, 3.63) is 0 Å². The summed E-state index contributed by atoms with van der Waals surface area (Å²) in [4.78, 5) is 16.1. The van der Waals surface area contributed by atoms with Crippen LogP contribution in [-0.4, -0.2) is 62.3 Å². The second kappa shape index (κ2) is 12.5. The van der Waals surface area contributed by atoms with Crippen LogP contribution in [0.3, 0.4) is 0 Å². The Kier molecular flexibility index (Phi) is 10.9. The average molecular weight is 345 g/mol. The van der Waals surface area contributed by atoms with Gasteiger partial charge in [-0.3, -0.25) is 4.79 Å². The highest BCUT2D eigenvalue weighted by molar-refractivity contribution is 7.99. The molecule has 23 heavy (non-hydrogen) atoms. The van der Waals surface area contributed by atoms with Crippen LogP contribution in [0.2, 0.25) is 0 Å². The Bertz CT molecular complexity index is 364. The van der Waals surface area contributed by atoms with Gasteiger partial charge in [0.15, 0.2) is 5.96 Å². The van der Waals surface area contributed by atoms with Gasteiger partial charge in [-0.2, -0.15) is 11.8 Å². The number of carbonyl (C=O) groups is 1. The van der Waals surface area contributed by atoms with Crippen LogP contribution < -0.4 is 16.0 Å². The number of hydrogen-bond donors (Lipinski definition) is 3. The molecule has 1 amide bonds. The van der Waals surface area contributed by atoms with E-state index >= 15 is 0 Å². The first-order chi connectivity index (χ1) is 11.2. The van der Waals surface area contributed by atoms with Crippen LogP contribution in [-0.2, 0) is 9.53 Å². The molecular formula is C16H32N4O2S. The molecular weight excluding hydrogens is 312 g/mol. The van der Waals surface area contributed by atoms with E-state index in [0.29, 0.717) is 19.2 Å². The lowest BCUT2D eigenvalue weighted by Gasteiger charge is -2.30. The molecule has 1 aliphatic rings. The summed E-state index contributed by atoms with van der Waals surface area (Å²) in [6.07, 6.45) is 4.91. The van der Waals surface area contributed by atoms with Gasteiger partial charge in [0.1, 0.15) is 6.54 Å². The third kappa shape index (κ3) is 9.05. The fourth-order valence-corrected chi connectivity index (χ4v) is 3.85. The first-order valence-corrected chi connectivity index (χ1v) is 9.66. The topological polar surface area (TPSA) is 74.8 Å². The molecule has 3 N–H and O–H groups in total. The minimum Gasteiger partial charge on any atom is -0.383 e. The molecule has 1 saturated carbocycles. The van der Waals surface area contributed by atoms with Gasteiger partial charge in [0.05, 0.1) is 6.61 Å². The molecule has 1 fully saturated rings. The minimum absolute atomic E-state index is 0.0812. The number of nitrogens with one attached hydrogen (secondary N) is 3. The Morgan fingerprint density at radius 2 is 2.13 bits per heavy atom. The second-order valence-electron chi connectivity index (χ2n) is 5.62. The van der Waals surface area contributed by atoms with E-state index in [4.69, 9.17) is 4.74 Å². The number of methoxy groups -OCH3 is 1. The molecule has 2 unspecified atom stereocenters. The highest BCUT2D eigenvalue weighted by Gasteiger charge is 2.22. The highest BCUT2D eigenvalue weighted by atomic mass is 32.2. The third-order valence-corrected chi connectivity index (χ3v) is 4.96. The van der Waals surface area contributed by atoms with Crippen molar-refractivity contribution >= 4 is 23.6 Å². The van der Waals surface area contributed by atoms with Gasteiger partial charge in [0, 0.05) is 31.5 Å². The largest absolute Gasteiger partial charge is 0.383 e. The van der Waals surface area contributed by atoms with Gasteiger partial charge in [-0.25, -0.2) is 4.99 Å². The van der Waals surface area contributed by atoms with Gasteiger partial charge < -0.3 is 20.7 Å². The van der Waals surface area contributed by atoms with Crippen molar-refractivity contribution in [3.8, 4) is 0 Å².